The molecule has 0 aliphatic carbocycles. The third-order valence-electron chi connectivity index (χ3n) is 6.59. The highest BCUT2D eigenvalue weighted by molar-refractivity contribution is 5.99. The first-order valence-corrected chi connectivity index (χ1v) is 19.6. The third kappa shape index (κ3) is 34.5. The highest BCUT2D eigenvalue weighted by Gasteiger charge is 2.22. The van der Waals surface area contributed by atoms with E-state index in [0.29, 0.717) is 38.9 Å². The maximum absolute atomic E-state index is 12.8. The van der Waals surface area contributed by atoms with Crippen molar-refractivity contribution in [2.75, 3.05) is 45.8 Å². The predicted molar refractivity (Wildman–Crippen MR) is 220 cm³/mol. The van der Waals surface area contributed by atoms with Crippen molar-refractivity contribution in [3.63, 3.8) is 0 Å². The zero-order valence-electron chi connectivity index (χ0n) is 37.0. The minimum Gasteiger partial charge on any atom is -0.481 e. The Morgan fingerprint density at radius 1 is 0.475 bits per heavy atom. The summed E-state index contributed by atoms with van der Waals surface area (Å²) >= 11 is 0. The molecule has 59 heavy (non-hydrogen) atoms. The fourth-order valence-electron chi connectivity index (χ4n) is 4.36. The summed E-state index contributed by atoms with van der Waals surface area (Å²) in [4.78, 5) is 95.1. The van der Waals surface area contributed by atoms with Crippen LogP contribution in [0.3, 0.4) is 0 Å². The molecule has 21 nitrogen and oxygen atoms in total. The lowest BCUT2D eigenvalue weighted by Gasteiger charge is -2.22. The summed E-state index contributed by atoms with van der Waals surface area (Å²) < 4.78 is 20.8. The molecule has 0 unspecified atom stereocenters. The molecule has 6 amide bonds. The molecule has 7 N–H and O–H groups in total. The Bertz CT molecular complexity index is 1360. The molecule has 0 aliphatic rings. The van der Waals surface area contributed by atoms with Gasteiger partial charge < -0.3 is 50.2 Å². The number of carbonyl (C=O) groups excluding carboxylic acids is 6. The van der Waals surface area contributed by atoms with E-state index in [-0.39, 0.29) is 69.2 Å². The summed E-state index contributed by atoms with van der Waals surface area (Å²) in [6, 6.07) is 0. The topological polar surface area (TPSA) is 277 Å². The molecule has 0 aliphatic heterocycles. The summed E-state index contributed by atoms with van der Waals surface area (Å²) in [6.45, 7) is 21.5. The van der Waals surface area contributed by atoms with Crippen molar-refractivity contribution in [2.45, 2.75) is 144 Å². The average molecular weight is 844 g/mol. The van der Waals surface area contributed by atoms with Crippen LogP contribution < -0.4 is 31.9 Å². The van der Waals surface area contributed by atoms with Crippen molar-refractivity contribution in [3.8, 4) is 0 Å². The summed E-state index contributed by atoms with van der Waals surface area (Å²) in [6.07, 6.45) is -1.59. The van der Waals surface area contributed by atoms with E-state index in [0.717, 1.165) is 0 Å². The maximum Gasteiger partial charge on any atom is 0.437 e. The van der Waals surface area contributed by atoms with Gasteiger partial charge in [-0.3, -0.25) is 25.0 Å². The molecule has 0 bridgehead atoms. The molecule has 0 aromatic carbocycles. The van der Waals surface area contributed by atoms with Gasteiger partial charge in [-0.25, -0.2) is 19.2 Å². The van der Waals surface area contributed by atoms with Gasteiger partial charge in [0.1, 0.15) is 22.4 Å². The molecule has 0 heterocycles. The molecule has 0 aromatic heterocycles. The second-order valence-electron chi connectivity index (χ2n) is 17.2. The molecule has 0 spiro atoms. The Balaban J connectivity index is 5.26. The molecule has 0 atom stereocenters. The lowest BCUT2D eigenvalue weighted by molar-refractivity contribution is -0.137. The maximum atomic E-state index is 12.8. The van der Waals surface area contributed by atoms with E-state index in [1.807, 2.05) is 4.90 Å². The summed E-state index contributed by atoms with van der Waals surface area (Å²) in [5.74, 6) is -1.93. The number of unbranched alkanes of at least 4 members (excludes halogenated alkanes) is 2. The Hall–Kier alpha value is -5.21. The van der Waals surface area contributed by atoms with Crippen LogP contribution in [0.25, 0.3) is 0 Å². The number of guanidine groups is 2. The first-order valence-electron chi connectivity index (χ1n) is 19.6. The number of hydrogen-bond donors (Lipinski definition) is 7. The van der Waals surface area contributed by atoms with Crippen molar-refractivity contribution >= 4 is 54.1 Å². The minimum absolute atomic E-state index is 0.0435. The molecular weight excluding hydrogens is 774 g/mol. The van der Waals surface area contributed by atoms with Gasteiger partial charge in [-0.15, -0.1) is 9.98 Å². The van der Waals surface area contributed by atoms with Crippen molar-refractivity contribution in [3.05, 3.63) is 0 Å². The van der Waals surface area contributed by atoms with Gasteiger partial charge in [0.15, 0.2) is 0 Å². The number of nitrogens with zero attached hydrogens (tertiary/aromatic N) is 3. The fourth-order valence-corrected chi connectivity index (χ4v) is 4.36. The lowest BCUT2D eigenvalue weighted by Crippen LogP contribution is -2.46. The number of carbonyl (C=O) groups is 7. The summed E-state index contributed by atoms with van der Waals surface area (Å²) in [5.41, 5.74) is -3.26. The van der Waals surface area contributed by atoms with E-state index < -0.39 is 52.7 Å². The van der Waals surface area contributed by atoms with Crippen LogP contribution in [0.4, 0.5) is 19.2 Å². The molecule has 0 radical (unpaired) electrons. The van der Waals surface area contributed by atoms with Crippen LogP contribution in [0.5, 0.6) is 0 Å². The van der Waals surface area contributed by atoms with Gasteiger partial charge in [0, 0.05) is 58.5 Å². The molecular formula is C38H69N9O12. The zero-order chi connectivity index (χ0) is 45.5. The third-order valence-corrected chi connectivity index (χ3v) is 6.59. The fraction of sp³-hybridized carbons (Fsp3) is 0.763. The molecule has 0 rings (SSSR count). The normalized spacial score (nSPS) is 12.5. The zero-order valence-corrected chi connectivity index (χ0v) is 37.0. The molecule has 21 heteroatoms. The second kappa shape index (κ2) is 26.0. The number of amides is 6. The Morgan fingerprint density at radius 2 is 0.831 bits per heavy atom. The van der Waals surface area contributed by atoms with Gasteiger partial charge in [0.05, 0.1) is 0 Å². The molecule has 0 fully saturated rings. The predicted octanol–water partition coefficient (Wildman–Crippen LogP) is 3.76. The van der Waals surface area contributed by atoms with E-state index in [2.05, 4.69) is 41.9 Å². The van der Waals surface area contributed by atoms with Gasteiger partial charge in [-0.2, -0.15) is 0 Å². The number of hydrogen-bond acceptors (Lipinski definition) is 12. The van der Waals surface area contributed by atoms with Crippen LogP contribution >= 0.6 is 0 Å². The smallest absolute Gasteiger partial charge is 0.437 e. The van der Waals surface area contributed by atoms with Gasteiger partial charge in [-0.1, -0.05) is 6.42 Å². The number of carboxylic acids is 1. The van der Waals surface area contributed by atoms with Crippen LogP contribution in [-0.4, -0.2) is 132 Å². The number of aliphatic imine (C=N–C) groups is 2. The largest absolute Gasteiger partial charge is 0.481 e. The van der Waals surface area contributed by atoms with Gasteiger partial charge in [0.2, 0.25) is 23.7 Å². The van der Waals surface area contributed by atoms with Crippen LogP contribution in [0.15, 0.2) is 9.98 Å². The Labute approximate surface area is 347 Å². The first kappa shape index (κ1) is 53.8. The number of nitrogens with one attached hydrogen (secondary N) is 6. The monoisotopic (exact) mass is 844 g/mol. The number of ether oxygens (including phenoxy) is 4. The SMILES string of the molecule is CC(C)(C)OC(=O)/N=C(/NCCNC(=O)CCN(CCCCCC(=O)O)CCC(=O)NCCN/C(=N\C(=O)OC(C)(C)C)NC(=O)OC(C)(C)C)NC(=O)OC(C)(C)C. The van der Waals surface area contributed by atoms with E-state index >= 15 is 0 Å². The highest BCUT2D eigenvalue weighted by atomic mass is 16.6. The molecule has 0 saturated heterocycles. The van der Waals surface area contributed by atoms with Gasteiger partial charge in [0.25, 0.3) is 0 Å². The van der Waals surface area contributed by atoms with Crippen molar-refractivity contribution in [2.24, 2.45) is 9.98 Å². The summed E-state index contributed by atoms with van der Waals surface area (Å²) in [5, 5.41) is 24.8. The van der Waals surface area contributed by atoms with E-state index in [4.69, 9.17) is 24.1 Å². The number of aliphatic carboxylic acids is 1. The second-order valence-corrected chi connectivity index (χ2v) is 17.2. The molecule has 0 saturated carbocycles. The van der Waals surface area contributed by atoms with Crippen LogP contribution in [-0.2, 0) is 33.3 Å². The number of alkyl carbamates (subject to hydrolysis) is 2. The number of carboxylic acid groups (broad SMARTS) is 1. The van der Waals surface area contributed by atoms with Gasteiger partial charge in [-0.05, 0) is 102 Å². The van der Waals surface area contributed by atoms with Gasteiger partial charge >= 0.3 is 30.3 Å². The highest BCUT2D eigenvalue weighted by Crippen LogP contribution is 2.10. The van der Waals surface area contributed by atoms with E-state index in [1.54, 1.807) is 83.1 Å². The number of rotatable bonds is 18. The molecule has 0 aromatic rings. The van der Waals surface area contributed by atoms with E-state index in [1.165, 1.54) is 0 Å². The van der Waals surface area contributed by atoms with Crippen LogP contribution in [0.2, 0.25) is 0 Å². The van der Waals surface area contributed by atoms with Crippen molar-refractivity contribution < 1.29 is 57.6 Å². The quantitative estimate of drug-likeness (QED) is 0.0448. The average Bonchev–Trinajstić information content (AvgIpc) is 3.01. The summed E-state index contributed by atoms with van der Waals surface area (Å²) in [7, 11) is 0. The Kier molecular flexibility index (Phi) is 23.7. The minimum atomic E-state index is -0.944. The standard InChI is InChI=1S/C38H69N9O12/c1-35(2,3)56-31(52)43-29(44-32(53)57-36(4,5)6)41-21-19-39-26(48)17-24-47(23-15-13-14-16-28(50)51)25-18-27(49)40-20-22-42-30(45-33(54)58-37(7,8)9)46-34(55)59-38(10,11)12/h13-25H2,1-12H3,(H,39,48)(H,40,49)(H,50,51)(H2,41,43,44,52,53)(H2,42,45,46,54,55). The van der Waals surface area contributed by atoms with Crippen molar-refractivity contribution in [1.29, 1.82) is 0 Å². The molecule has 338 valence electrons. The Morgan fingerprint density at radius 3 is 1.17 bits per heavy atom. The first-order chi connectivity index (χ1) is 27.0. The van der Waals surface area contributed by atoms with Crippen molar-refractivity contribution in [1.82, 2.24) is 36.8 Å². The van der Waals surface area contributed by atoms with E-state index in [9.17, 15) is 33.6 Å². The van der Waals surface area contributed by atoms with Crippen LogP contribution in [0, 0.1) is 0 Å². The lowest BCUT2D eigenvalue weighted by atomic mass is 10.2. The van der Waals surface area contributed by atoms with Crippen LogP contribution in [0.1, 0.15) is 122 Å².